The molecule has 2 aromatic carbocycles. The van der Waals surface area contributed by atoms with Crippen LogP contribution in [0.3, 0.4) is 0 Å². The first kappa shape index (κ1) is 13.0. The largest absolute Gasteiger partial charge is 0.497 e. The molecule has 7 heteroatoms. The first-order chi connectivity index (χ1) is 10.2. The zero-order chi connectivity index (χ0) is 14.8. The molecule has 0 saturated heterocycles. The first-order valence-corrected chi connectivity index (χ1v) is 6.17. The Kier molecular flexibility index (Phi) is 3.23. The number of hydrogen-bond donors (Lipinski definition) is 1. The third kappa shape index (κ3) is 2.40. The van der Waals surface area contributed by atoms with Gasteiger partial charge in [0, 0.05) is 17.3 Å². The van der Waals surface area contributed by atoms with E-state index >= 15 is 0 Å². The van der Waals surface area contributed by atoms with Crippen molar-refractivity contribution in [2.24, 2.45) is 0 Å². The lowest BCUT2D eigenvalue weighted by Crippen LogP contribution is -2.02. The fraction of sp³-hybridized carbons (Fsp3) is 0.0714. The van der Waals surface area contributed by atoms with Gasteiger partial charge in [-0.15, -0.1) is 5.10 Å². The van der Waals surface area contributed by atoms with Crippen LogP contribution in [0.1, 0.15) is 0 Å². The molecule has 6 nitrogen and oxygen atoms in total. The van der Waals surface area contributed by atoms with E-state index in [-0.39, 0.29) is 5.69 Å². The van der Waals surface area contributed by atoms with E-state index in [0.29, 0.717) is 17.1 Å². The molecule has 0 unspecified atom stereocenters. The summed E-state index contributed by atoms with van der Waals surface area (Å²) in [6.45, 7) is 0. The fourth-order valence-corrected chi connectivity index (χ4v) is 2.01. The van der Waals surface area contributed by atoms with Crippen molar-refractivity contribution in [2.75, 3.05) is 12.8 Å². The summed E-state index contributed by atoms with van der Waals surface area (Å²) in [5, 5.41) is 11.6. The molecule has 0 fully saturated rings. The Balaban J connectivity index is 2.12. The van der Waals surface area contributed by atoms with E-state index in [0.717, 1.165) is 5.69 Å². The Morgan fingerprint density at radius 2 is 2.05 bits per heavy atom. The lowest BCUT2D eigenvalue weighted by Gasteiger charge is -2.08. The predicted octanol–water partition coefficient (Wildman–Crippen LogP) is 2.06. The van der Waals surface area contributed by atoms with Crippen molar-refractivity contribution < 1.29 is 9.13 Å². The van der Waals surface area contributed by atoms with Crippen molar-refractivity contribution in [2.45, 2.75) is 0 Å². The Labute approximate surface area is 120 Å². The molecule has 106 valence electrons. The first-order valence-electron chi connectivity index (χ1n) is 6.17. The van der Waals surface area contributed by atoms with E-state index in [9.17, 15) is 4.39 Å². The SMILES string of the molecule is COc1cccc(-n2nnnc2-c2ccc(F)cc2N)c1. The molecule has 0 aliphatic rings. The summed E-state index contributed by atoms with van der Waals surface area (Å²) in [6, 6.07) is 11.4. The standard InChI is InChI=1S/C14H12FN5O/c1-21-11-4-2-3-10(8-11)20-14(17-18-19-20)12-6-5-9(15)7-13(12)16/h2-8H,16H2,1H3. The van der Waals surface area contributed by atoms with E-state index in [1.807, 2.05) is 18.2 Å². The molecule has 0 radical (unpaired) electrons. The number of nitrogen functional groups attached to an aromatic ring is 1. The summed E-state index contributed by atoms with van der Waals surface area (Å²) in [5.41, 5.74) is 7.39. The van der Waals surface area contributed by atoms with Crippen molar-refractivity contribution in [1.29, 1.82) is 0 Å². The molecule has 0 bridgehead atoms. The van der Waals surface area contributed by atoms with Crippen LogP contribution >= 0.6 is 0 Å². The lowest BCUT2D eigenvalue weighted by atomic mass is 10.1. The highest BCUT2D eigenvalue weighted by Crippen LogP contribution is 2.26. The van der Waals surface area contributed by atoms with E-state index in [2.05, 4.69) is 15.5 Å². The van der Waals surface area contributed by atoms with Crippen LogP contribution < -0.4 is 10.5 Å². The van der Waals surface area contributed by atoms with E-state index in [4.69, 9.17) is 10.5 Å². The maximum absolute atomic E-state index is 13.2. The summed E-state index contributed by atoms with van der Waals surface area (Å²) in [7, 11) is 1.58. The minimum Gasteiger partial charge on any atom is -0.497 e. The Morgan fingerprint density at radius 3 is 2.81 bits per heavy atom. The molecule has 0 saturated carbocycles. The Hall–Kier alpha value is -2.96. The van der Waals surface area contributed by atoms with Gasteiger partial charge in [0.05, 0.1) is 12.8 Å². The number of methoxy groups -OCH3 is 1. The van der Waals surface area contributed by atoms with Crippen molar-refractivity contribution in [1.82, 2.24) is 20.2 Å². The van der Waals surface area contributed by atoms with Crippen LogP contribution in [-0.2, 0) is 0 Å². The average Bonchev–Trinajstić information content (AvgIpc) is 2.96. The van der Waals surface area contributed by atoms with Crippen molar-refractivity contribution in [3.8, 4) is 22.8 Å². The number of halogens is 1. The number of aromatic nitrogens is 4. The maximum atomic E-state index is 13.2. The Morgan fingerprint density at radius 1 is 1.19 bits per heavy atom. The minimum atomic E-state index is -0.406. The summed E-state index contributed by atoms with van der Waals surface area (Å²) < 4.78 is 19.9. The molecule has 21 heavy (non-hydrogen) atoms. The van der Waals surface area contributed by atoms with Gasteiger partial charge in [0.15, 0.2) is 5.82 Å². The molecule has 0 aliphatic heterocycles. The molecule has 1 aromatic heterocycles. The van der Waals surface area contributed by atoms with Gasteiger partial charge >= 0.3 is 0 Å². The third-order valence-corrected chi connectivity index (χ3v) is 3.02. The third-order valence-electron chi connectivity index (χ3n) is 3.02. The molecule has 1 heterocycles. The smallest absolute Gasteiger partial charge is 0.189 e. The molecule has 0 aliphatic carbocycles. The van der Waals surface area contributed by atoms with Crippen molar-refractivity contribution in [3.05, 3.63) is 48.3 Å². The van der Waals surface area contributed by atoms with Crippen LogP contribution in [0.4, 0.5) is 10.1 Å². The second kappa shape index (κ2) is 5.20. The van der Waals surface area contributed by atoms with Gasteiger partial charge in [0.1, 0.15) is 11.6 Å². The Bertz CT molecular complexity index is 787. The number of tetrazole rings is 1. The van der Waals surface area contributed by atoms with Gasteiger partial charge in [-0.25, -0.2) is 4.39 Å². The number of benzene rings is 2. The average molecular weight is 285 g/mol. The minimum absolute atomic E-state index is 0.272. The van der Waals surface area contributed by atoms with Gasteiger partial charge in [0.25, 0.3) is 0 Å². The molecule has 0 spiro atoms. The summed E-state index contributed by atoms with van der Waals surface area (Å²) in [5.74, 6) is 0.707. The van der Waals surface area contributed by atoms with E-state index in [1.165, 1.54) is 16.8 Å². The predicted molar refractivity (Wildman–Crippen MR) is 75.5 cm³/mol. The van der Waals surface area contributed by atoms with Gasteiger partial charge in [-0.3, -0.25) is 0 Å². The molecule has 3 rings (SSSR count). The zero-order valence-electron chi connectivity index (χ0n) is 11.2. The molecule has 3 aromatic rings. The topological polar surface area (TPSA) is 78.8 Å². The van der Waals surface area contributed by atoms with Gasteiger partial charge in [0.2, 0.25) is 0 Å². The van der Waals surface area contributed by atoms with Crippen molar-refractivity contribution in [3.63, 3.8) is 0 Å². The van der Waals surface area contributed by atoms with E-state index < -0.39 is 5.82 Å². The highest BCUT2D eigenvalue weighted by Gasteiger charge is 2.14. The monoisotopic (exact) mass is 285 g/mol. The number of anilines is 1. The van der Waals surface area contributed by atoms with Gasteiger partial charge in [-0.05, 0) is 40.8 Å². The summed E-state index contributed by atoms with van der Waals surface area (Å²) >= 11 is 0. The van der Waals surface area contributed by atoms with Crippen LogP contribution in [0.2, 0.25) is 0 Å². The van der Waals surface area contributed by atoms with Crippen LogP contribution in [0, 0.1) is 5.82 Å². The molecular weight excluding hydrogens is 273 g/mol. The molecule has 2 N–H and O–H groups in total. The molecule has 0 atom stereocenters. The van der Waals surface area contributed by atoms with Crippen LogP contribution in [-0.4, -0.2) is 27.3 Å². The lowest BCUT2D eigenvalue weighted by molar-refractivity contribution is 0.414. The summed E-state index contributed by atoms with van der Waals surface area (Å²) in [6.07, 6.45) is 0. The summed E-state index contributed by atoms with van der Waals surface area (Å²) in [4.78, 5) is 0. The van der Waals surface area contributed by atoms with Gasteiger partial charge in [-0.1, -0.05) is 6.07 Å². The van der Waals surface area contributed by atoms with Crippen LogP contribution in [0.15, 0.2) is 42.5 Å². The highest BCUT2D eigenvalue weighted by atomic mass is 19.1. The zero-order valence-corrected chi connectivity index (χ0v) is 11.2. The normalized spacial score (nSPS) is 10.6. The van der Waals surface area contributed by atoms with Crippen LogP contribution in [0.25, 0.3) is 17.1 Å². The highest BCUT2D eigenvalue weighted by molar-refractivity contribution is 5.72. The van der Waals surface area contributed by atoms with Gasteiger partial charge in [-0.2, -0.15) is 4.68 Å². The van der Waals surface area contributed by atoms with E-state index in [1.54, 1.807) is 19.2 Å². The maximum Gasteiger partial charge on any atom is 0.189 e. The van der Waals surface area contributed by atoms with Gasteiger partial charge < -0.3 is 10.5 Å². The number of nitrogens with zero attached hydrogens (tertiary/aromatic N) is 4. The quantitative estimate of drug-likeness (QED) is 0.745. The molecular formula is C14H12FN5O. The molecule has 0 amide bonds. The number of rotatable bonds is 3. The number of ether oxygens (including phenoxy) is 1. The van der Waals surface area contributed by atoms with Crippen LogP contribution in [0.5, 0.6) is 5.75 Å². The second-order valence-electron chi connectivity index (χ2n) is 4.35. The second-order valence-corrected chi connectivity index (χ2v) is 4.35. The van der Waals surface area contributed by atoms with Crippen molar-refractivity contribution >= 4 is 5.69 Å². The number of nitrogens with two attached hydrogens (primary N) is 1. The number of hydrogen-bond acceptors (Lipinski definition) is 5. The fourth-order valence-electron chi connectivity index (χ4n) is 2.01.